The summed E-state index contributed by atoms with van der Waals surface area (Å²) in [5.74, 6) is 0.579. The lowest BCUT2D eigenvalue weighted by Gasteiger charge is -2.26. The van der Waals surface area contributed by atoms with Gasteiger partial charge in [0, 0.05) is 10.4 Å². The Bertz CT molecular complexity index is 776. The SMILES string of the molecule is CCC(c1ccc(OC)cc1)C(CO)NS(=O)(=O)c1ccc(Br)cc1. The van der Waals surface area contributed by atoms with Crippen LogP contribution in [0.3, 0.4) is 0 Å². The minimum Gasteiger partial charge on any atom is -0.497 e. The van der Waals surface area contributed by atoms with Crippen LogP contribution in [0.4, 0.5) is 0 Å². The fourth-order valence-electron chi connectivity index (χ4n) is 2.73. The Kier molecular flexibility index (Phi) is 7.01. The Morgan fingerprint density at radius 2 is 1.72 bits per heavy atom. The molecule has 0 radical (unpaired) electrons. The summed E-state index contributed by atoms with van der Waals surface area (Å²) in [5.41, 5.74) is 0.945. The number of sulfonamides is 1. The summed E-state index contributed by atoms with van der Waals surface area (Å²) in [6.07, 6.45) is 0.681. The lowest BCUT2D eigenvalue weighted by molar-refractivity contribution is 0.236. The predicted molar refractivity (Wildman–Crippen MR) is 101 cm³/mol. The fraction of sp³-hybridized carbons (Fsp3) is 0.333. The van der Waals surface area contributed by atoms with Crippen LogP contribution in [0.25, 0.3) is 0 Å². The summed E-state index contributed by atoms with van der Waals surface area (Å²) in [6.45, 7) is 1.67. The molecule has 0 spiro atoms. The number of methoxy groups -OCH3 is 1. The number of ether oxygens (including phenoxy) is 1. The largest absolute Gasteiger partial charge is 0.497 e. The molecular formula is C18H22BrNO4S. The molecule has 2 aromatic carbocycles. The number of nitrogens with one attached hydrogen (secondary N) is 1. The topological polar surface area (TPSA) is 75.6 Å². The van der Waals surface area contributed by atoms with E-state index < -0.39 is 16.1 Å². The van der Waals surface area contributed by atoms with Gasteiger partial charge in [-0.1, -0.05) is 35.0 Å². The second kappa shape index (κ2) is 8.80. The highest BCUT2D eigenvalue weighted by Gasteiger charge is 2.27. The van der Waals surface area contributed by atoms with E-state index in [1.807, 2.05) is 31.2 Å². The first-order valence-electron chi connectivity index (χ1n) is 7.94. The molecule has 0 saturated carbocycles. The molecule has 7 heteroatoms. The van der Waals surface area contributed by atoms with Crippen molar-refractivity contribution in [2.75, 3.05) is 13.7 Å². The molecule has 2 N–H and O–H groups in total. The summed E-state index contributed by atoms with van der Waals surface area (Å²) >= 11 is 3.29. The maximum Gasteiger partial charge on any atom is 0.240 e. The standard InChI is InChI=1S/C18H22BrNO4S/c1-3-17(13-4-8-15(24-2)9-5-13)18(12-21)20-25(22,23)16-10-6-14(19)7-11-16/h4-11,17-18,20-21H,3,12H2,1-2H3. The van der Waals surface area contributed by atoms with Crippen LogP contribution in [0, 0.1) is 0 Å². The summed E-state index contributed by atoms with van der Waals surface area (Å²) in [5, 5.41) is 9.78. The van der Waals surface area contributed by atoms with Crippen LogP contribution in [-0.2, 0) is 10.0 Å². The van der Waals surface area contributed by atoms with E-state index in [1.54, 1.807) is 19.2 Å². The lowest BCUT2D eigenvalue weighted by Crippen LogP contribution is -2.41. The second-order valence-electron chi connectivity index (χ2n) is 5.65. The Morgan fingerprint density at radius 3 is 2.20 bits per heavy atom. The van der Waals surface area contributed by atoms with Crippen LogP contribution in [0.1, 0.15) is 24.8 Å². The molecule has 2 rings (SSSR count). The van der Waals surface area contributed by atoms with Crippen LogP contribution in [0.2, 0.25) is 0 Å². The van der Waals surface area contributed by atoms with E-state index in [4.69, 9.17) is 4.74 Å². The zero-order valence-electron chi connectivity index (χ0n) is 14.1. The molecule has 2 unspecified atom stereocenters. The lowest BCUT2D eigenvalue weighted by atomic mass is 9.90. The Hall–Kier alpha value is -1.41. The third-order valence-corrected chi connectivity index (χ3v) is 6.13. The Labute approximate surface area is 157 Å². The van der Waals surface area contributed by atoms with Gasteiger partial charge in [0.1, 0.15) is 5.75 Å². The van der Waals surface area contributed by atoms with Crippen molar-refractivity contribution >= 4 is 26.0 Å². The highest BCUT2D eigenvalue weighted by atomic mass is 79.9. The van der Waals surface area contributed by atoms with E-state index in [9.17, 15) is 13.5 Å². The van der Waals surface area contributed by atoms with Crippen molar-refractivity contribution in [1.29, 1.82) is 0 Å². The first-order chi connectivity index (χ1) is 11.9. The maximum atomic E-state index is 12.6. The molecule has 0 fully saturated rings. The predicted octanol–water partition coefficient (Wildman–Crippen LogP) is 3.29. The molecule has 0 aromatic heterocycles. The minimum atomic E-state index is -3.72. The molecule has 0 heterocycles. The maximum absolute atomic E-state index is 12.6. The van der Waals surface area contributed by atoms with Gasteiger partial charge in [-0.25, -0.2) is 13.1 Å². The van der Waals surface area contributed by atoms with Crippen molar-refractivity contribution in [3.8, 4) is 5.75 Å². The molecule has 2 atom stereocenters. The van der Waals surface area contributed by atoms with Crippen molar-refractivity contribution in [3.05, 3.63) is 58.6 Å². The monoisotopic (exact) mass is 427 g/mol. The molecule has 25 heavy (non-hydrogen) atoms. The van der Waals surface area contributed by atoms with Crippen molar-refractivity contribution in [2.45, 2.75) is 30.2 Å². The number of halogens is 1. The Morgan fingerprint density at radius 1 is 1.12 bits per heavy atom. The van der Waals surface area contributed by atoms with E-state index in [2.05, 4.69) is 20.7 Å². The number of benzene rings is 2. The van der Waals surface area contributed by atoms with Gasteiger partial charge in [0.15, 0.2) is 0 Å². The van der Waals surface area contributed by atoms with Gasteiger partial charge in [-0.2, -0.15) is 0 Å². The average molecular weight is 428 g/mol. The number of hydrogen-bond donors (Lipinski definition) is 2. The van der Waals surface area contributed by atoms with E-state index in [0.717, 1.165) is 15.8 Å². The van der Waals surface area contributed by atoms with E-state index >= 15 is 0 Å². The zero-order valence-corrected chi connectivity index (χ0v) is 16.5. The number of aliphatic hydroxyl groups is 1. The van der Waals surface area contributed by atoms with Gasteiger partial charge in [0.05, 0.1) is 24.7 Å². The normalized spacial score (nSPS) is 14.1. The van der Waals surface area contributed by atoms with Gasteiger partial charge in [-0.05, 0) is 48.4 Å². The summed E-state index contributed by atoms with van der Waals surface area (Å²) in [6, 6.07) is 13.2. The van der Waals surface area contributed by atoms with Crippen molar-refractivity contribution < 1.29 is 18.3 Å². The number of aliphatic hydroxyl groups excluding tert-OH is 1. The first-order valence-corrected chi connectivity index (χ1v) is 10.2. The molecule has 5 nitrogen and oxygen atoms in total. The Balaban J connectivity index is 2.25. The molecule has 0 saturated heterocycles. The second-order valence-corrected chi connectivity index (χ2v) is 8.28. The van der Waals surface area contributed by atoms with Crippen LogP contribution in [-0.4, -0.2) is 33.3 Å². The zero-order chi connectivity index (χ0) is 18.4. The van der Waals surface area contributed by atoms with Crippen LogP contribution < -0.4 is 9.46 Å². The molecular weight excluding hydrogens is 406 g/mol. The summed E-state index contributed by atoms with van der Waals surface area (Å²) < 4.78 is 33.8. The van der Waals surface area contributed by atoms with Crippen LogP contribution in [0.5, 0.6) is 5.75 Å². The van der Waals surface area contributed by atoms with Gasteiger partial charge in [-0.3, -0.25) is 0 Å². The molecule has 2 aromatic rings. The average Bonchev–Trinajstić information content (AvgIpc) is 2.62. The van der Waals surface area contributed by atoms with Gasteiger partial charge >= 0.3 is 0 Å². The molecule has 0 bridgehead atoms. The summed E-state index contributed by atoms with van der Waals surface area (Å²) in [4.78, 5) is 0.165. The fourth-order valence-corrected chi connectivity index (χ4v) is 4.26. The highest BCUT2D eigenvalue weighted by Crippen LogP contribution is 2.26. The molecule has 136 valence electrons. The molecule has 0 aliphatic carbocycles. The minimum absolute atomic E-state index is 0.152. The van der Waals surface area contributed by atoms with Gasteiger partial charge < -0.3 is 9.84 Å². The quantitative estimate of drug-likeness (QED) is 0.677. The molecule has 0 aliphatic heterocycles. The number of hydrogen-bond acceptors (Lipinski definition) is 4. The third kappa shape index (κ3) is 5.04. The third-order valence-electron chi connectivity index (χ3n) is 4.10. The molecule has 0 amide bonds. The van der Waals surface area contributed by atoms with Crippen LogP contribution >= 0.6 is 15.9 Å². The highest BCUT2D eigenvalue weighted by molar-refractivity contribution is 9.10. The van der Waals surface area contributed by atoms with E-state index in [0.29, 0.717) is 6.42 Å². The van der Waals surface area contributed by atoms with Crippen molar-refractivity contribution in [1.82, 2.24) is 4.72 Å². The number of rotatable bonds is 8. The van der Waals surface area contributed by atoms with E-state index in [1.165, 1.54) is 12.1 Å². The van der Waals surface area contributed by atoms with Crippen LogP contribution in [0.15, 0.2) is 57.9 Å². The van der Waals surface area contributed by atoms with Crippen molar-refractivity contribution in [2.24, 2.45) is 0 Å². The smallest absolute Gasteiger partial charge is 0.240 e. The summed E-state index contributed by atoms with van der Waals surface area (Å²) in [7, 11) is -2.13. The van der Waals surface area contributed by atoms with Gasteiger partial charge in [0.25, 0.3) is 0 Å². The van der Waals surface area contributed by atoms with Gasteiger partial charge in [-0.15, -0.1) is 0 Å². The van der Waals surface area contributed by atoms with Crippen molar-refractivity contribution in [3.63, 3.8) is 0 Å². The van der Waals surface area contributed by atoms with Gasteiger partial charge in [0.2, 0.25) is 10.0 Å². The van der Waals surface area contributed by atoms with E-state index in [-0.39, 0.29) is 17.4 Å². The first kappa shape index (κ1) is 19.9. The molecule has 0 aliphatic rings.